The highest BCUT2D eigenvalue weighted by Crippen LogP contribution is 2.20. The molecule has 94 valence electrons. The second kappa shape index (κ2) is 4.08. The molecule has 0 spiro atoms. The van der Waals surface area contributed by atoms with Gasteiger partial charge in [-0.15, -0.1) is 0 Å². The predicted octanol–water partition coefficient (Wildman–Crippen LogP) is 0.871. The van der Waals surface area contributed by atoms with E-state index < -0.39 is 10.2 Å². The lowest BCUT2D eigenvalue weighted by Crippen LogP contribution is -2.29. The Hall–Kier alpha value is -1.91. The minimum absolute atomic E-state index is 0.135. The molecule has 0 unspecified atom stereocenters. The van der Waals surface area contributed by atoms with E-state index in [1.165, 1.54) is 14.1 Å². The SMILES string of the molecule is Cc1ccc2c(c1)nc(C#N)n2S(=O)(=O)N(C)C. The molecule has 0 atom stereocenters. The average molecular weight is 264 g/mol. The number of benzene rings is 1. The van der Waals surface area contributed by atoms with Crippen molar-refractivity contribution in [2.45, 2.75) is 6.92 Å². The third-order valence-electron chi connectivity index (χ3n) is 2.56. The van der Waals surface area contributed by atoms with Gasteiger partial charge in [-0.25, -0.2) is 4.98 Å². The van der Waals surface area contributed by atoms with Gasteiger partial charge in [-0.2, -0.15) is 22.0 Å². The fraction of sp³-hybridized carbons (Fsp3) is 0.273. The lowest BCUT2D eigenvalue weighted by molar-refractivity contribution is 0.511. The molecule has 2 rings (SSSR count). The summed E-state index contributed by atoms with van der Waals surface area (Å²) in [5.41, 5.74) is 1.86. The van der Waals surface area contributed by atoms with Crippen molar-refractivity contribution < 1.29 is 8.42 Å². The maximum absolute atomic E-state index is 12.2. The van der Waals surface area contributed by atoms with Gasteiger partial charge in [-0.1, -0.05) is 6.07 Å². The summed E-state index contributed by atoms with van der Waals surface area (Å²) in [7, 11) is -0.924. The number of hydrogen-bond acceptors (Lipinski definition) is 4. The number of aryl methyl sites for hydroxylation is 1. The molecule has 7 heteroatoms. The zero-order valence-corrected chi connectivity index (χ0v) is 11.1. The van der Waals surface area contributed by atoms with Crippen molar-refractivity contribution in [1.82, 2.24) is 13.3 Å². The molecule has 0 amide bonds. The second-order valence-corrected chi connectivity index (χ2v) is 6.09. The van der Waals surface area contributed by atoms with Crippen molar-refractivity contribution in [2.75, 3.05) is 14.1 Å². The number of hydrogen-bond donors (Lipinski definition) is 0. The molecule has 1 heterocycles. The molecule has 0 aliphatic rings. The Labute approximate surface area is 105 Å². The molecule has 2 aromatic rings. The van der Waals surface area contributed by atoms with Crippen molar-refractivity contribution >= 4 is 21.2 Å². The third kappa shape index (κ3) is 1.75. The topological polar surface area (TPSA) is 79.0 Å². The summed E-state index contributed by atoms with van der Waals surface area (Å²) >= 11 is 0. The van der Waals surface area contributed by atoms with Crippen LogP contribution in [0.2, 0.25) is 0 Å². The van der Waals surface area contributed by atoms with Gasteiger partial charge in [0.2, 0.25) is 5.82 Å². The number of imidazole rings is 1. The summed E-state index contributed by atoms with van der Waals surface area (Å²) in [6.07, 6.45) is 0. The molecule has 0 saturated heterocycles. The van der Waals surface area contributed by atoms with Gasteiger partial charge in [0.1, 0.15) is 6.07 Å². The third-order valence-corrected chi connectivity index (χ3v) is 4.31. The van der Waals surface area contributed by atoms with Crippen LogP contribution in [-0.4, -0.2) is 35.8 Å². The van der Waals surface area contributed by atoms with Crippen LogP contribution in [0.4, 0.5) is 0 Å². The van der Waals surface area contributed by atoms with Crippen LogP contribution >= 0.6 is 0 Å². The lowest BCUT2D eigenvalue weighted by Gasteiger charge is -2.13. The maximum Gasteiger partial charge on any atom is 0.309 e. The minimum atomic E-state index is -3.75. The Morgan fingerprint density at radius 3 is 2.61 bits per heavy atom. The molecule has 0 bridgehead atoms. The molecular weight excluding hydrogens is 252 g/mol. The minimum Gasteiger partial charge on any atom is -0.218 e. The fourth-order valence-electron chi connectivity index (χ4n) is 1.64. The van der Waals surface area contributed by atoms with E-state index in [2.05, 4.69) is 4.98 Å². The Kier molecular flexibility index (Phi) is 2.84. The van der Waals surface area contributed by atoms with E-state index in [0.29, 0.717) is 11.0 Å². The van der Waals surface area contributed by atoms with Crippen LogP contribution in [0.5, 0.6) is 0 Å². The Morgan fingerprint density at radius 1 is 1.39 bits per heavy atom. The highest BCUT2D eigenvalue weighted by atomic mass is 32.2. The molecule has 1 aromatic carbocycles. The summed E-state index contributed by atoms with van der Waals surface area (Å²) in [6.45, 7) is 1.88. The van der Waals surface area contributed by atoms with Crippen molar-refractivity contribution in [1.29, 1.82) is 5.26 Å². The van der Waals surface area contributed by atoms with E-state index in [1.54, 1.807) is 18.2 Å². The van der Waals surface area contributed by atoms with Crippen LogP contribution in [-0.2, 0) is 10.2 Å². The molecule has 0 aliphatic carbocycles. The zero-order valence-electron chi connectivity index (χ0n) is 10.2. The first-order valence-corrected chi connectivity index (χ1v) is 6.60. The highest BCUT2D eigenvalue weighted by Gasteiger charge is 2.24. The number of nitriles is 1. The lowest BCUT2D eigenvalue weighted by atomic mass is 10.2. The second-order valence-electron chi connectivity index (χ2n) is 4.09. The molecular formula is C11H12N4O2S. The van der Waals surface area contributed by atoms with E-state index in [1.807, 2.05) is 13.0 Å². The number of fused-ring (bicyclic) bond motifs is 1. The monoisotopic (exact) mass is 264 g/mol. The number of rotatable bonds is 2. The van der Waals surface area contributed by atoms with Crippen molar-refractivity contribution in [3.63, 3.8) is 0 Å². The average Bonchev–Trinajstić information content (AvgIpc) is 2.66. The summed E-state index contributed by atoms with van der Waals surface area (Å²) in [6, 6.07) is 7.00. The number of nitrogens with zero attached hydrogens (tertiary/aromatic N) is 4. The number of aromatic nitrogens is 2. The molecule has 6 nitrogen and oxygen atoms in total. The molecule has 18 heavy (non-hydrogen) atoms. The summed E-state index contributed by atoms with van der Waals surface area (Å²) in [5, 5.41) is 9.02. The summed E-state index contributed by atoms with van der Waals surface area (Å²) in [4.78, 5) is 4.04. The van der Waals surface area contributed by atoms with Gasteiger partial charge in [0.05, 0.1) is 11.0 Å². The Balaban J connectivity index is 2.90. The van der Waals surface area contributed by atoms with E-state index in [-0.39, 0.29) is 5.82 Å². The smallest absolute Gasteiger partial charge is 0.218 e. The van der Waals surface area contributed by atoms with Crippen LogP contribution in [0, 0.1) is 18.3 Å². The van der Waals surface area contributed by atoms with Crippen LogP contribution in [0.15, 0.2) is 18.2 Å². The zero-order chi connectivity index (χ0) is 13.5. The van der Waals surface area contributed by atoms with Gasteiger partial charge < -0.3 is 0 Å². The Bertz CT molecular complexity index is 753. The normalized spacial score (nSPS) is 11.9. The van der Waals surface area contributed by atoms with Crippen molar-refractivity contribution in [3.05, 3.63) is 29.6 Å². The van der Waals surface area contributed by atoms with Crippen molar-refractivity contribution in [2.24, 2.45) is 0 Å². The Morgan fingerprint density at radius 2 is 2.06 bits per heavy atom. The van der Waals surface area contributed by atoms with E-state index in [4.69, 9.17) is 5.26 Å². The molecule has 0 saturated carbocycles. The van der Waals surface area contributed by atoms with Gasteiger partial charge in [-0.3, -0.25) is 0 Å². The van der Waals surface area contributed by atoms with E-state index in [0.717, 1.165) is 13.8 Å². The van der Waals surface area contributed by atoms with Crippen molar-refractivity contribution in [3.8, 4) is 6.07 Å². The molecule has 0 N–H and O–H groups in total. The van der Waals surface area contributed by atoms with Crippen LogP contribution in [0.3, 0.4) is 0 Å². The first kappa shape index (κ1) is 12.5. The highest BCUT2D eigenvalue weighted by molar-refractivity contribution is 7.87. The standard InChI is InChI=1S/C11H12N4O2S/c1-8-4-5-10-9(6-8)13-11(7-12)15(10)18(16,17)14(2)3/h4-6H,1-3H3. The van der Waals surface area contributed by atoms with Gasteiger partial charge in [0, 0.05) is 14.1 Å². The fourth-order valence-corrected chi connectivity index (χ4v) is 2.67. The largest absolute Gasteiger partial charge is 0.309 e. The molecule has 1 aromatic heterocycles. The summed E-state index contributed by atoms with van der Waals surface area (Å²) < 4.78 is 26.3. The van der Waals surface area contributed by atoms with Gasteiger partial charge in [0.25, 0.3) is 0 Å². The first-order valence-electron chi connectivity index (χ1n) is 5.20. The van der Waals surface area contributed by atoms with E-state index >= 15 is 0 Å². The molecule has 0 radical (unpaired) electrons. The first-order chi connectivity index (χ1) is 8.37. The van der Waals surface area contributed by atoms with Crippen LogP contribution in [0.25, 0.3) is 11.0 Å². The van der Waals surface area contributed by atoms with Gasteiger partial charge >= 0.3 is 10.2 Å². The molecule has 0 fully saturated rings. The maximum atomic E-state index is 12.2. The van der Waals surface area contributed by atoms with Crippen LogP contribution < -0.4 is 0 Å². The van der Waals surface area contributed by atoms with E-state index in [9.17, 15) is 8.42 Å². The van der Waals surface area contributed by atoms with Gasteiger partial charge in [-0.05, 0) is 24.6 Å². The quantitative estimate of drug-likeness (QED) is 0.806. The molecule has 0 aliphatic heterocycles. The van der Waals surface area contributed by atoms with Crippen LogP contribution in [0.1, 0.15) is 11.4 Å². The summed E-state index contributed by atoms with van der Waals surface area (Å²) in [5.74, 6) is -0.135. The van der Waals surface area contributed by atoms with Gasteiger partial charge in [0.15, 0.2) is 0 Å². The predicted molar refractivity (Wildman–Crippen MR) is 67.2 cm³/mol.